The quantitative estimate of drug-likeness (QED) is 0.420. The Morgan fingerprint density at radius 1 is 0.828 bits per heavy atom. The molecule has 0 saturated heterocycles. The summed E-state index contributed by atoms with van der Waals surface area (Å²) in [4.78, 5) is 0. The van der Waals surface area contributed by atoms with Crippen molar-refractivity contribution in [1.29, 1.82) is 0 Å². The van der Waals surface area contributed by atoms with E-state index < -0.39 is 0 Å². The lowest BCUT2D eigenvalue weighted by molar-refractivity contribution is 0.131. The van der Waals surface area contributed by atoms with E-state index in [9.17, 15) is 0 Å². The molecular formula is C29H32. The predicted molar refractivity (Wildman–Crippen MR) is 125 cm³/mol. The van der Waals surface area contributed by atoms with Crippen LogP contribution in [0.3, 0.4) is 0 Å². The van der Waals surface area contributed by atoms with E-state index in [0.717, 1.165) is 32.1 Å². The van der Waals surface area contributed by atoms with Crippen LogP contribution in [0.4, 0.5) is 0 Å². The van der Waals surface area contributed by atoms with Gasteiger partial charge in [0.1, 0.15) is 0 Å². The topological polar surface area (TPSA) is 0 Å². The molecule has 0 aliphatic heterocycles. The minimum atomic E-state index is -0.147. The number of allylic oxidation sites excluding steroid dienone is 4. The van der Waals surface area contributed by atoms with E-state index in [0.29, 0.717) is 11.8 Å². The average Bonchev–Trinajstić information content (AvgIpc) is 3.22. The minimum absolute atomic E-state index is 0.0173. The second kappa shape index (κ2) is 7.67. The summed E-state index contributed by atoms with van der Waals surface area (Å²) in [6.45, 7) is 16.9. The zero-order valence-electron chi connectivity index (χ0n) is 17.4. The van der Waals surface area contributed by atoms with E-state index in [1.54, 1.807) is 0 Å². The fourth-order valence-electron chi connectivity index (χ4n) is 6.67. The van der Waals surface area contributed by atoms with E-state index >= 15 is 0 Å². The lowest BCUT2D eigenvalue weighted by atomic mass is 9.52. The van der Waals surface area contributed by atoms with Gasteiger partial charge in [-0.2, -0.15) is 0 Å². The van der Waals surface area contributed by atoms with Crippen LogP contribution in [0.15, 0.2) is 99.2 Å². The zero-order chi connectivity index (χ0) is 20.5. The third kappa shape index (κ3) is 2.73. The summed E-state index contributed by atoms with van der Waals surface area (Å²) in [6.07, 6.45) is 13.7. The van der Waals surface area contributed by atoms with E-state index in [1.807, 2.05) is 0 Å². The summed E-state index contributed by atoms with van der Waals surface area (Å²) < 4.78 is 0. The van der Waals surface area contributed by atoms with Crippen LogP contribution in [0.5, 0.6) is 0 Å². The van der Waals surface area contributed by atoms with Gasteiger partial charge in [0.2, 0.25) is 0 Å². The van der Waals surface area contributed by atoms with Gasteiger partial charge in [-0.05, 0) is 65.7 Å². The van der Waals surface area contributed by atoms with Crippen molar-refractivity contribution < 1.29 is 0 Å². The molecule has 0 fully saturated rings. The Labute approximate surface area is 176 Å². The Morgan fingerprint density at radius 3 is 2.14 bits per heavy atom. The number of fused-ring (bicyclic) bond motifs is 2. The normalized spacial score (nSPS) is 26.3. The van der Waals surface area contributed by atoms with Gasteiger partial charge in [0.25, 0.3) is 0 Å². The van der Waals surface area contributed by atoms with Crippen molar-refractivity contribution in [2.75, 3.05) is 0 Å². The molecule has 0 nitrogen and oxygen atoms in total. The van der Waals surface area contributed by atoms with Crippen molar-refractivity contribution in [3.63, 3.8) is 0 Å². The van der Waals surface area contributed by atoms with Crippen LogP contribution in [0, 0.1) is 11.3 Å². The van der Waals surface area contributed by atoms with Crippen LogP contribution in [-0.2, 0) is 18.3 Å². The first-order valence-corrected chi connectivity index (χ1v) is 10.8. The summed E-state index contributed by atoms with van der Waals surface area (Å²) in [5.41, 5.74) is 5.76. The van der Waals surface area contributed by atoms with Crippen molar-refractivity contribution in [2.24, 2.45) is 11.3 Å². The first kappa shape index (κ1) is 19.7. The molecule has 0 radical (unpaired) electrons. The van der Waals surface area contributed by atoms with Crippen LogP contribution in [0.25, 0.3) is 0 Å². The standard InChI is InChI=1S/C29H32/c1-5-13-23-20-22-14-9-11-16-25(22)27(23)29(8-4)26-17-12-10-15-24(26)21-28(29,18-6-2)19-7-3/h5-12,14-17,23,27H,1-4,13,18-21H2. The second-order valence-electron chi connectivity index (χ2n) is 8.84. The summed E-state index contributed by atoms with van der Waals surface area (Å²) >= 11 is 0. The molecule has 0 saturated carbocycles. The SMILES string of the molecule is C=CCC1Cc2ccccc2C1C1(C=C)c2ccccc2CC1(CC=C)CC=C. The summed E-state index contributed by atoms with van der Waals surface area (Å²) in [7, 11) is 0. The molecular weight excluding hydrogens is 348 g/mol. The molecule has 0 N–H and O–H groups in total. The molecule has 148 valence electrons. The van der Waals surface area contributed by atoms with Crippen LogP contribution < -0.4 is 0 Å². The first-order chi connectivity index (χ1) is 14.2. The number of benzene rings is 2. The molecule has 0 heteroatoms. The first-order valence-electron chi connectivity index (χ1n) is 10.8. The maximum Gasteiger partial charge on any atom is 0.0269 e. The highest BCUT2D eigenvalue weighted by atomic mass is 14.6. The maximum atomic E-state index is 4.49. The highest BCUT2D eigenvalue weighted by Gasteiger charge is 2.61. The van der Waals surface area contributed by atoms with E-state index in [-0.39, 0.29) is 10.8 Å². The van der Waals surface area contributed by atoms with Crippen molar-refractivity contribution in [3.8, 4) is 0 Å². The minimum Gasteiger partial charge on any atom is -0.103 e. The average molecular weight is 381 g/mol. The highest BCUT2D eigenvalue weighted by Crippen LogP contribution is 2.66. The Kier molecular flexibility index (Phi) is 5.21. The third-order valence-electron chi connectivity index (χ3n) is 7.57. The summed E-state index contributed by atoms with van der Waals surface area (Å²) in [5.74, 6) is 0.917. The lowest BCUT2D eigenvalue weighted by Crippen LogP contribution is -2.47. The Morgan fingerprint density at radius 2 is 1.48 bits per heavy atom. The van der Waals surface area contributed by atoms with Crippen LogP contribution >= 0.6 is 0 Å². The van der Waals surface area contributed by atoms with E-state index in [4.69, 9.17) is 0 Å². The van der Waals surface area contributed by atoms with Gasteiger partial charge in [0.15, 0.2) is 0 Å². The van der Waals surface area contributed by atoms with Gasteiger partial charge in [-0.3, -0.25) is 0 Å². The Balaban J connectivity index is 2.03. The second-order valence-corrected chi connectivity index (χ2v) is 8.84. The Bertz CT molecular complexity index is 936. The molecule has 2 aromatic rings. The van der Waals surface area contributed by atoms with Crippen molar-refractivity contribution in [2.45, 2.75) is 43.4 Å². The summed E-state index contributed by atoms with van der Waals surface area (Å²) in [6, 6.07) is 18.1. The van der Waals surface area contributed by atoms with E-state index in [2.05, 4.69) is 99.2 Å². The van der Waals surface area contributed by atoms with Crippen molar-refractivity contribution in [3.05, 3.63) is 121 Å². The molecule has 0 heterocycles. The predicted octanol–water partition coefficient (Wildman–Crippen LogP) is 7.34. The van der Waals surface area contributed by atoms with Crippen LogP contribution in [-0.4, -0.2) is 0 Å². The summed E-state index contributed by atoms with van der Waals surface area (Å²) in [5, 5.41) is 0. The van der Waals surface area contributed by atoms with Crippen LogP contribution in [0.1, 0.15) is 47.4 Å². The van der Waals surface area contributed by atoms with Gasteiger partial charge >= 0.3 is 0 Å². The monoisotopic (exact) mass is 380 g/mol. The molecule has 2 aliphatic rings. The molecule has 3 unspecified atom stereocenters. The molecule has 3 atom stereocenters. The third-order valence-corrected chi connectivity index (χ3v) is 7.57. The number of hydrogen-bond acceptors (Lipinski definition) is 0. The van der Waals surface area contributed by atoms with Crippen molar-refractivity contribution in [1.82, 2.24) is 0 Å². The van der Waals surface area contributed by atoms with Gasteiger partial charge in [0.05, 0.1) is 0 Å². The lowest BCUT2D eigenvalue weighted by Gasteiger charge is -2.50. The molecule has 0 spiro atoms. The highest BCUT2D eigenvalue weighted by molar-refractivity contribution is 5.54. The molecule has 0 aromatic heterocycles. The van der Waals surface area contributed by atoms with Crippen molar-refractivity contribution >= 4 is 0 Å². The van der Waals surface area contributed by atoms with Gasteiger partial charge in [-0.15, -0.1) is 26.3 Å². The van der Waals surface area contributed by atoms with Crippen LogP contribution in [0.2, 0.25) is 0 Å². The van der Waals surface area contributed by atoms with E-state index in [1.165, 1.54) is 22.3 Å². The number of rotatable bonds is 8. The zero-order valence-corrected chi connectivity index (χ0v) is 17.4. The molecule has 0 bridgehead atoms. The maximum absolute atomic E-state index is 4.49. The van der Waals surface area contributed by atoms with Gasteiger partial charge < -0.3 is 0 Å². The van der Waals surface area contributed by atoms with Gasteiger partial charge in [-0.25, -0.2) is 0 Å². The fourth-order valence-corrected chi connectivity index (χ4v) is 6.67. The molecule has 0 amide bonds. The molecule has 2 aliphatic carbocycles. The fraction of sp³-hybridized carbons (Fsp3) is 0.310. The molecule has 2 aromatic carbocycles. The van der Waals surface area contributed by atoms with Gasteiger partial charge in [0, 0.05) is 11.3 Å². The molecule has 4 rings (SSSR count). The van der Waals surface area contributed by atoms with Gasteiger partial charge in [-0.1, -0.05) is 72.8 Å². The Hall–Kier alpha value is -2.60. The number of hydrogen-bond donors (Lipinski definition) is 0. The molecule has 29 heavy (non-hydrogen) atoms. The largest absolute Gasteiger partial charge is 0.103 e. The smallest absolute Gasteiger partial charge is 0.0269 e.